The Morgan fingerprint density at radius 3 is 2.58 bits per heavy atom. The van der Waals surface area contributed by atoms with E-state index >= 15 is 0 Å². The van der Waals surface area contributed by atoms with Crippen molar-refractivity contribution in [2.24, 2.45) is 0 Å². The second-order valence-corrected chi connectivity index (χ2v) is 5.46. The van der Waals surface area contributed by atoms with Crippen molar-refractivity contribution in [3.05, 3.63) is 98.5 Å². The lowest BCUT2D eigenvalue weighted by molar-refractivity contribution is -0.384. The summed E-state index contributed by atoms with van der Waals surface area (Å²) in [5.41, 5.74) is 0.711. The molecular formula is C18H14N4O4. The van der Waals surface area contributed by atoms with Crippen LogP contribution in [0.15, 0.2) is 71.5 Å². The molecule has 8 heteroatoms. The molecule has 3 aromatic rings. The molecule has 0 fully saturated rings. The van der Waals surface area contributed by atoms with E-state index < -0.39 is 10.8 Å². The monoisotopic (exact) mass is 350 g/mol. The quantitative estimate of drug-likeness (QED) is 0.562. The number of nitrogens with zero attached hydrogens (tertiary/aromatic N) is 3. The molecule has 1 aromatic heterocycles. The zero-order chi connectivity index (χ0) is 18.5. The summed E-state index contributed by atoms with van der Waals surface area (Å²) in [4.78, 5) is 34.6. The highest BCUT2D eigenvalue weighted by Crippen LogP contribution is 2.17. The van der Waals surface area contributed by atoms with Crippen LogP contribution in [-0.4, -0.2) is 20.6 Å². The molecule has 0 unspecified atom stereocenters. The Bertz CT molecular complexity index is 1010. The highest BCUT2D eigenvalue weighted by atomic mass is 16.6. The van der Waals surface area contributed by atoms with Crippen LogP contribution in [0.5, 0.6) is 0 Å². The zero-order valence-corrected chi connectivity index (χ0v) is 13.5. The first-order valence-electron chi connectivity index (χ1n) is 7.71. The van der Waals surface area contributed by atoms with E-state index in [1.807, 2.05) is 30.3 Å². The minimum Gasteiger partial charge on any atom is -0.320 e. The number of nitrogens with one attached hydrogen (secondary N) is 1. The second-order valence-electron chi connectivity index (χ2n) is 5.46. The first-order valence-corrected chi connectivity index (χ1v) is 7.71. The molecule has 1 amide bonds. The fraction of sp³-hybridized carbons (Fsp3) is 0.0556. The van der Waals surface area contributed by atoms with Gasteiger partial charge in [0.15, 0.2) is 0 Å². The van der Waals surface area contributed by atoms with Crippen LogP contribution in [-0.2, 0) is 6.54 Å². The van der Waals surface area contributed by atoms with Crippen LogP contribution in [0.1, 0.15) is 16.1 Å². The van der Waals surface area contributed by atoms with Crippen molar-refractivity contribution in [1.29, 1.82) is 0 Å². The standard InChI is InChI=1S/C18H14N4O4/c23-17-10-9-16(20-21(17)12-13-5-2-1-3-6-13)18(24)19-14-7-4-8-15(11-14)22(25)26/h1-11H,12H2,(H,19,24). The normalized spacial score (nSPS) is 10.3. The maximum Gasteiger partial charge on any atom is 0.276 e. The van der Waals surface area contributed by atoms with E-state index in [1.165, 1.54) is 41.1 Å². The average molecular weight is 350 g/mol. The second kappa shape index (κ2) is 7.39. The van der Waals surface area contributed by atoms with Gasteiger partial charge in [-0.3, -0.25) is 19.7 Å². The first-order chi connectivity index (χ1) is 12.5. The number of anilines is 1. The van der Waals surface area contributed by atoms with Crippen LogP contribution in [0.2, 0.25) is 0 Å². The molecule has 0 bridgehead atoms. The van der Waals surface area contributed by atoms with Gasteiger partial charge < -0.3 is 5.32 Å². The van der Waals surface area contributed by atoms with Gasteiger partial charge >= 0.3 is 0 Å². The SMILES string of the molecule is O=C(Nc1cccc([N+](=O)[O-])c1)c1ccc(=O)n(Cc2ccccc2)n1. The molecule has 2 aromatic carbocycles. The summed E-state index contributed by atoms with van der Waals surface area (Å²) >= 11 is 0. The van der Waals surface area contributed by atoms with E-state index in [9.17, 15) is 19.7 Å². The Labute approximate surface area is 147 Å². The maximum absolute atomic E-state index is 12.4. The van der Waals surface area contributed by atoms with E-state index in [-0.39, 0.29) is 29.2 Å². The number of hydrogen-bond donors (Lipinski definition) is 1. The minimum atomic E-state index is -0.563. The first kappa shape index (κ1) is 17.0. The van der Waals surface area contributed by atoms with E-state index in [4.69, 9.17) is 0 Å². The summed E-state index contributed by atoms with van der Waals surface area (Å²) < 4.78 is 1.19. The van der Waals surface area contributed by atoms with Gasteiger partial charge in [0, 0.05) is 23.9 Å². The van der Waals surface area contributed by atoms with Gasteiger partial charge in [-0.05, 0) is 17.7 Å². The molecule has 1 heterocycles. The lowest BCUT2D eigenvalue weighted by Gasteiger charge is -2.08. The van der Waals surface area contributed by atoms with Gasteiger partial charge in [0.25, 0.3) is 17.2 Å². The van der Waals surface area contributed by atoms with E-state index in [1.54, 1.807) is 0 Å². The van der Waals surface area contributed by atoms with Crippen molar-refractivity contribution in [1.82, 2.24) is 9.78 Å². The number of rotatable bonds is 5. The van der Waals surface area contributed by atoms with E-state index in [0.29, 0.717) is 0 Å². The summed E-state index contributed by atoms with van der Waals surface area (Å²) in [6.07, 6.45) is 0. The molecule has 0 aliphatic carbocycles. The largest absolute Gasteiger partial charge is 0.320 e. The number of aromatic nitrogens is 2. The molecule has 1 N–H and O–H groups in total. The highest BCUT2D eigenvalue weighted by Gasteiger charge is 2.12. The van der Waals surface area contributed by atoms with Gasteiger partial charge in [0.1, 0.15) is 5.69 Å². The van der Waals surface area contributed by atoms with Crippen molar-refractivity contribution in [2.75, 3.05) is 5.32 Å². The van der Waals surface area contributed by atoms with Gasteiger partial charge in [-0.2, -0.15) is 5.10 Å². The summed E-state index contributed by atoms with van der Waals surface area (Å²) in [7, 11) is 0. The molecule has 0 radical (unpaired) electrons. The number of carbonyl (C=O) groups is 1. The minimum absolute atomic E-state index is 0.0343. The van der Waals surface area contributed by atoms with Crippen LogP contribution in [0.4, 0.5) is 11.4 Å². The molecule has 26 heavy (non-hydrogen) atoms. The number of amides is 1. The molecular weight excluding hydrogens is 336 g/mol. The third-order valence-electron chi connectivity index (χ3n) is 3.59. The number of carbonyl (C=O) groups excluding carboxylic acids is 1. The Kier molecular flexibility index (Phi) is 4.84. The number of nitro groups is 1. The molecule has 130 valence electrons. The van der Waals surface area contributed by atoms with Crippen LogP contribution in [0, 0.1) is 10.1 Å². The Morgan fingerprint density at radius 2 is 1.85 bits per heavy atom. The third kappa shape index (κ3) is 3.99. The van der Waals surface area contributed by atoms with Crippen LogP contribution in [0.25, 0.3) is 0 Å². The third-order valence-corrected chi connectivity index (χ3v) is 3.59. The number of non-ortho nitro benzene ring substituents is 1. The van der Waals surface area contributed by atoms with Crippen molar-refractivity contribution >= 4 is 17.3 Å². The topological polar surface area (TPSA) is 107 Å². The summed E-state index contributed by atoms with van der Waals surface area (Å²) in [5.74, 6) is -0.563. The Morgan fingerprint density at radius 1 is 1.08 bits per heavy atom. The van der Waals surface area contributed by atoms with Gasteiger partial charge in [-0.15, -0.1) is 0 Å². The van der Waals surface area contributed by atoms with Gasteiger partial charge in [0.05, 0.1) is 11.5 Å². The Balaban J connectivity index is 1.82. The number of nitro benzene ring substituents is 1. The lowest BCUT2D eigenvalue weighted by Crippen LogP contribution is -2.26. The van der Waals surface area contributed by atoms with Crippen molar-refractivity contribution in [2.45, 2.75) is 6.54 Å². The van der Waals surface area contributed by atoms with Crippen LogP contribution >= 0.6 is 0 Å². The van der Waals surface area contributed by atoms with Crippen molar-refractivity contribution in [3.8, 4) is 0 Å². The predicted octanol–water partition coefficient (Wildman–Crippen LogP) is 2.45. The smallest absolute Gasteiger partial charge is 0.276 e. The predicted molar refractivity (Wildman–Crippen MR) is 95.1 cm³/mol. The van der Waals surface area contributed by atoms with Crippen molar-refractivity contribution < 1.29 is 9.72 Å². The molecule has 0 aliphatic rings. The molecule has 0 saturated carbocycles. The average Bonchev–Trinajstić information content (AvgIpc) is 2.64. The van der Waals surface area contributed by atoms with E-state index in [0.717, 1.165) is 5.56 Å². The number of benzene rings is 2. The summed E-state index contributed by atoms with van der Waals surface area (Å²) in [6, 6.07) is 17.4. The Hall–Kier alpha value is -3.81. The molecule has 0 atom stereocenters. The number of hydrogen-bond acceptors (Lipinski definition) is 5. The van der Waals surface area contributed by atoms with E-state index in [2.05, 4.69) is 10.4 Å². The fourth-order valence-electron chi connectivity index (χ4n) is 2.33. The summed E-state index contributed by atoms with van der Waals surface area (Å²) in [6.45, 7) is 0.234. The van der Waals surface area contributed by atoms with Crippen LogP contribution < -0.4 is 10.9 Å². The molecule has 8 nitrogen and oxygen atoms in total. The molecule has 3 rings (SSSR count). The molecule has 0 spiro atoms. The fourth-order valence-corrected chi connectivity index (χ4v) is 2.33. The summed E-state index contributed by atoms with van der Waals surface area (Å²) in [5, 5.41) is 17.4. The van der Waals surface area contributed by atoms with Gasteiger partial charge in [-0.25, -0.2) is 4.68 Å². The van der Waals surface area contributed by atoms with Gasteiger partial charge in [-0.1, -0.05) is 36.4 Å². The molecule has 0 saturated heterocycles. The van der Waals surface area contributed by atoms with Crippen LogP contribution in [0.3, 0.4) is 0 Å². The molecule has 0 aliphatic heterocycles. The zero-order valence-electron chi connectivity index (χ0n) is 13.5. The lowest BCUT2D eigenvalue weighted by atomic mass is 10.2. The highest BCUT2D eigenvalue weighted by molar-refractivity contribution is 6.02. The van der Waals surface area contributed by atoms with Crippen molar-refractivity contribution in [3.63, 3.8) is 0 Å². The maximum atomic E-state index is 12.4. The van der Waals surface area contributed by atoms with Gasteiger partial charge in [0.2, 0.25) is 0 Å².